The van der Waals surface area contributed by atoms with Gasteiger partial charge in [0, 0.05) is 40.3 Å². The van der Waals surface area contributed by atoms with Gasteiger partial charge in [0.15, 0.2) is 6.10 Å². The lowest BCUT2D eigenvalue weighted by atomic mass is 10.2. The van der Waals surface area contributed by atoms with Crippen LogP contribution in [0.1, 0.15) is 6.92 Å². The minimum Gasteiger partial charge on any atom is -0.479 e. The van der Waals surface area contributed by atoms with E-state index in [9.17, 15) is 13.2 Å². The molecule has 1 unspecified atom stereocenters. The average molecular weight is 410 g/mol. The molecule has 0 aromatic heterocycles. The number of nitrogens with zero attached hydrogens (tertiary/aromatic N) is 3. The fraction of sp³-hybridized carbons (Fsp3) is 0.533. The van der Waals surface area contributed by atoms with E-state index in [0.717, 1.165) is 4.31 Å². The monoisotopic (exact) mass is 409 g/mol. The van der Waals surface area contributed by atoms with Gasteiger partial charge in [0.25, 0.3) is 16.1 Å². The summed E-state index contributed by atoms with van der Waals surface area (Å²) in [6.07, 6.45) is -0.757. The summed E-state index contributed by atoms with van der Waals surface area (Å²) < 4.78 is 32.4. The summed E-state index contributed by atoms with van der Waals surface area (Å²) in [5.41, 5.74) is 0. The molecule has 0 aliphatic carbocycles. The minimum atomic E-state index is -3.46. The highest BCUT2D eigenvalue weighted by molar-refractivity contribution is 7.86. The van der Waals surface area contributed by atoms with Crippen molar-refractivity contribution in [1.29, 1.82) is 0 Å². The molecular weight excluding hydrogens is 389 g/mol. The Labute approximate surface area is 158 Å². The molecule has 1 aliphatic rings. The number of hydrogen-bond donors (Lipinski definition) is 0. The van der Waals surface area contributed by atoms with Crippen molar-refractivity contribution in [2.24, 2.45) is 0 Å². The Bertz CT molecular complexity index is 734. The number of halogens is 2. The smallest absolute Gasteiger partial charge is 0.281 e. The molecule has 1 atom stereocenters. The van der Waals surface area contributed by atoms with Gasteiger partial charge in [0.05, 0.1) is 5.02 Å². The molecule has 0 saturated carbocycles. The summed E-state index contributed by atoms with van der Waals surface area (Å²) in [4.78, 5) is 14.1. The summed E-state index contributed by atoms with van der Waals surface area (Å²) in [6, 6.07) is 4.96. The Hall–Kier alpha value is -1.06. The third-order valence-corrected chi connectivity index (χ3v) is 6.65. The molecule has 1 aromatic carbocycles. The Kier molecular flexibility index (Phi) is 6.56. The van der Waals surface area contributed by atoms with E-state index >= 15 is 0 Å². The third kappa shape index (κ3) is 4.57. The van der Waals surface area contributed by atoms with Crippen LogP contribution < -0.4 is 4.74 Å². The van der Waals surface area contributed by atoms with Gasteiger partial charge in [-0.2, -0.15) is 17.0 Å². The highest BCUT2D eigenvalue weighted by Crippen LogP contribution is 2.32. The molecule has 2 rings (SSSR count). The standard InChI is InChI=1S/C15H21Cl2N3O4S/c1-11(24-13-6-4-5-12(16)14(13)17)15(21)19-7-9-20(10-8-19)25(22,23)18(2)3/h4-6,11H,7-10H2,1-3H3. The molecule has 25 heavy (non-hydrogen) atoms. The lowest BCUT2D eigenvalue weighted by Gasteiger charge is -2.36. The van der Waals surface area contributed by atoms with E-state index in [1.807, 2.05) is 0 Å². The Morgan fingerprint density at radius 3 is 2.36 bits per heavy atom. The maximum Gasteiger partial charge on any atom is 0.281 e. The number of rotatable bonds is 5. The van der Waals surface area contributed by atoms with Gasteiger partial charge in [-0.1, -0.05) is 29.3 Å². The number of carbonyl (C=O) groups excluding carboxylic acids is 1. The van der Waals surface area contributed by atoms with E-state index in [1.54, 1.807) is 30.0 Å². The molecule has 1 aliphatic heterocycles. The molecule has 0 bridgehead atoms. The van der Waals surface area contributed by atoms with E-state index in [4.69, 9.17) is 27.9 Å². The number of hydrogen-bond acceptors (Lipinski definition) is 4. The summed E-state index contributed by atoms with van der Waals surface area (Å²) in [5.74, 6) is 0.113. The number of amides is 1. The highest BCUT2D eigenvalue weighted by atomic mass is 35.5. The number of ether oxygens (including phenoxy) is 1. The van der Waals surface area contributed by atoms with Crippen LogP contribution in [0, 0.1) is 0 Å². The van der Waals surface area contributed by atoms with Gasteiger partial charge in [-0.25, -0.2) is 0 Å². The summed E-state index contributed by atoms with van der Waals surface area (Å²) in [7, 11) is -0.496. The van der Waals surface area contributed by atoms with Crippen LogP contribution in [0.5, 0.6) is 5.75 Å². The normalized spacial score (nSPS) is 17.6. The van der Waals surface area contributed by atoms with E-state index in [1.165, 1.54) is 18.4 Å². The van der Waals surface area contributed by atoms with Crippen LogP contribution in [0.2, 0.25) is 10.0 Å². The number of carbonyl (C=O) groups is 1. The molecule has 1 heterocycles. The van der Waals surface area contributed by atoms with Gasteiger partial charge in [-0.05, 0) is 19.1 Å². The summed E-state index contributed by atoms with van der Waals surface area (Å²) in [6.45, 7) is 2.74. The zero-order chi connectivity index (χ0) is 18.8. The molecule has 1 fully saturated rings. The first-order valence-electron chi connectivity index (χ1n) is 7.71. The predicted octanol–water partition coefficient (Wildman–Crippen LogP) is 1.71. The molecule has 1 amide bonds. The van der Waals surface area contributed by atoms with Gasteiger partial charge in [0.2, 0.25) is 0 Å². The molecule has 7 nitrogen and oxygen atoms in total. The fourth-order valence-corrected chi connectivity index (χ4v) is 3.87. The SMILES string of the molecule is CC(Oc1cccc(Cl)c1Cl)C(=O)N1CCN(S(=O)(=O)N(C)C)CC1. The summed E-state index contributed by atoms with van der Waals surface area (Å²) >= 11 is 12.0. The zero-order valence-electron chi connectivity index (χ0n) is 14.3. The fourth-order valence-electron chi connectivity index (χ4n) is 2.44. The van der Waals surface area contributed by atoms with Crippen molar-refractivity contribution in [2.75, 3.05) is 40.3 Å². The van der Waals surface area contributed by atoms with Crippen LogP contribution >= 0.6 is 23.2 Å². The Morgan fingerprint density at radius 1 is 1.20 bits per heavy atom. The van der Waals surface area contributed by atoms with E-state index in [-0.39, 0.29) is 24.0 Å². The average Bonchev–Trinajstić information content (AvgIpc) is 2.58. The summed E-state index contributed by atoms with van der Waals surface area (Å²) in [5, 5.41) is 0.604. The molecule has 0 spiro atoms. The highest BCUT2D eigenvalue weighted by Gasteiger charge is 2.32. The lowest BCUT2D eigenvalue weighted by molar-refractivity contribution is -0.139. The van der Waals surface area contributed by atoms with Crippen molar-refractivity contribution in [3.8, 4) is 5.75 Å². The van der Waals surface area contributed by atoms with Crippen molar-refractivity contribution < 1.29 is 17.9 Å². The van der Waals surface area contributed by atoms with Crippen LogP contribution in [0.4, 0.5) is 0 Å². The molecule has 0 N–H and O–H groups in total. The number of piperazine rings is 1. The van der Waals surface area contributed by atoms with Crippen molar-refractivity contribution in [3.63, 3.8) is 0 Å². The predicted molar refractivity (Wildman–Crippen MR) is 97.3 cm³/mol. The van der Waals surface area contributed by atoms with Gasteiger partial charge in [-0.3, -0.25) is 4.79 Å². The second-order valence-corrected chi connectivity index (χ2v) is 8.75. The van der Waals surface area contributed by atoms with E-state index in [0.29, 0.717) is 23.9 Å². The van der Waals surface area contributed by atoms with E-state index < -0.39 is 16.3 Å². The Balaban J connectivity index is 1.97. The van der Waals surface area contributed by atoms with Crippen LogP contribution in [0.25, 0.3) is 0 Å². The zero-order valence-corrected chi connectivity index (χ0v) is 16.6. The van der Waals surface area contributed by atoms with Gasteiger partial charge in [0.1, 0.15) is 10.8 Å². The van der Waals surface area contributed by atoms with Crippen LogP contribution in [-0.2, 0) is 15.0 Å². The third-order valence-electron chi connectivity index (χ3n) is 3.91. The molecule has 0 radical (unpaired) electrons. The second-order valence-electron chi connectivity index (χ2n) is 5.83. The molecule has 1 aromatic rings. The quantitative estimate of drug-likeness (QED) is 0.741. The first kappa shape index (κ1) is 20.3. The maximum atomic E-state index is 12.5. The maximum absolute atomic E-state index is 12.5. The van der Waals surface area contributed by atoms with Crippen LogP contribution in [0.15, 0.2) is 18.2 Å². The second kappa shape index (κ2) is 8.09. The van der Waals surface area contributed by atoms with Gasteiger partial charge >= 0.3 is 0 Å². The Morgan fingerprint density at radius 2 is 1.80 bits per heavy atom. The van der Waals surface area contributed by atoms with E-state index in [2.05, 4.69) is 0 Å². The van der Waals surface area contributed by atoms with Crippen molar-refractivity contribution >= 4 is 39.3 Å². The van der Waals surface area contributed by atoms with Crippen LogP contribution in [0.3, 0.4) is 0 Å². The van der Waals surface area contributed by atoms with Gasteiger partial charge in [-0.15, -0.1) is 0 Å². The molecular formula is C15H21Cl2N3O4S. The molecule has 140 valence electrons. The van der Waals surface area contributed by atoms with Crippen molar-refractivity contribution in [1.82, 2.24) is 13.5 Å². The van der Waals surface area contributed by atoms with Gasteiger partial charge < -0.3 is 9.64 Å². The minimum absolute atomic E-state index is 0.224. The largest absolute Gasteiger partial charge is 0.479 e. The van der Waals surface area contributed by atoms with Crippen molar-refractivity contribution in [2.45, 2.75) is 13.0 Å². The number of benzene rings is 1. The first-order valence-corrected chi connectivity index (χ1v) is 9.87. The first-order chi connectivity index (χ1) is 11.6. The molecule has 1 saturated heterocycles. The lowest BCUT2D eigenvalue weighted by Crippen LogP contribution is -2.55. The molecule has 10 heteroatoms. The van der Waals surface area contributed by atoms with Crippen molar-refractivity contribution in [3.05, 3.63) is 28.2 Å². The van der Waals surface area contributed by atoms with Crippen LogP contribution in [-0.4, -0.2) is 74.2 Å². The topological polar surface area (TPSA) is 70.2 Å².